The second-order valence-electron chi connectivity index (χ2n) is 5.43. The van der Waals surface area contributed by atoms with E-state index in [-0.39, 0.29) is 5.78 Å². The van der Waals surface area contributed by atoms with Gasteiger partial charge in [0.15, 0.2) is 11.5 Å². The fraction of sp³-hybridized carbons (Fsp3) is 0.438. The minimum absolute atomic E-state index is 0.163. The Balaban J connectivity index is 1.82. The Bertz CT molecular complexity index is 574. The number of Topliss-reactive ketones (excluding diaryl/α,β-unsaturated/α-hetero) is 1. The van der Waals surface area contributed by atoms with Gasteiger partial charge in [-0.15, -0.1) is 0 Å². The Kier molecular flexibility index (Phi) is 2.94. The highest BCUT2D eigenvalue weighted by molar-refractivity contribution is 5.97. The molecule has 0 saturated heterocycles. The van der Waals surface area contributed by atoms with Crippen LogP contribution in [0, 0.1) is 12.8 Å². The number of carbonyl (C=O) groups excluding carboxylic acids is 1. The van der Waals surface area contributed by atoms with E-state index in [9.17, 15) is 4.79 Å². The van der Waals surface area contributed by atoms with Crippen LogP contribution in [0.25, 0.3) is 11.0 Å². The molecule has 94 valence electrons. The lowest BCUT2D eigenvalue weighted by Gasteiger charge is -2.04. The van der Waals surface area contributed by atoms with E-state index in [2.05, 4.69) is 6.07 Å². The molecule has 1 heterocycles. The van der Waals surface area contributed by atoms with Gasteiger partial charge in [0.05, 0.1) is 0 Å². The van der Waals surface area contributed by atoms with Crippen LogP contribution in [0.5, 0.6) is 0 Å². The Morgan fingerprint density at radius 2 is 2.06 bits per heavy atom. The predicted octanol–water partition coefficient (Wildman–Crippen LogP) is 4.50. The quantitative estimate of drug-likeness (QED) is 0.741. The lowest BCUT2D eigenvalue weighted by Crippen LogP contribution is -2.04. The topological polar surface area (TPSA) is 30.2 Å². The summed E-state index contributed by atoms with van der Waals surface area (Å²) in [6.45, 7) is 2.05. The first kappa shape index (κ1) is 11.5. The van der Waals surface area contributed by atoms with Crippen molar-refractivity contribution < 1.29 is 9.21 Å². The summed E-state index contributed by atoms with van der Waals surface area (Å²) in [7, 11) is 0. The van der Waals surface area contributed by atoms with Crippen molar-refractivity contribution >= 4 is 16.8 Å². The Morgan fingerprint density at radius 1 is 1.28 bits per heavy atom. The van der Waals surface area contributed by atoms with Crippen LogP contribution in [-0.2, 0) is 0 Å². The SMILES string of the molecule is Cc1ccc2oc(C(=O)CC3CCCC3)cc2c1. The summed E-state index contributed by atoms with van der Waals surface area (Å²) >= 11 is 0. The van der Waals surface area contributed by atoms with Gasteiger partial charge in [0.2, 0.25) is 0 Å². The molecule has 0 radical (unpaired) electrons. The molecule has 0 unspecified atom stereocenters. The molecule has 1 fully saturated rings. The molecule has 0 bridgehead atoms. The highest BCUT2D eigenvalue weighted by Gasteiger charge is 2.21. The molecule has 1 saturated carbocycles. The molecule has 2 aromatic rings. The van der Waals surface area contributed by atoms with Crippen LogP contribution in [0.3, 0.4) is 0 Å². The van der Waals surface area contributed by atoms with E-state index in [4.69, 9.17) is 4.42 Å². The van der Waals surface area contributed by atoms with Crippen LogP contribution in [-0.4, -0.2) is 5.78 Å². The summed E-state index contributed by atoms with van der Waals surface area (Å²) in [5.41, 5.74) is 2.01. The first-order valence-electron chi connectivity index (χ1n) is 6.76. The number of aryl methyl sites for hydroxylation is 1. The number of fused-ring (bicyclic) bond motifs is 1. The normalized spacial score (nSPS) is 16.5. The molecule has 18 heavy (non-hydrogen) atoms. The van der Waals surface area contributed by atoms with Crippen molar-refractivity contribution in [2.45, 2.75) is 39.0 Å². The Hall–Kier alpha value is -1.57. The fourth-order valence-corrected chi connectivity index (χ4v) is 2.88. The zero-order valence-corrected chi connectivity index (χ0v) is 10.7. The van der Waals surface area contributed by atoms with Crippen molar-refractivity contribution in [1.29, 1.82) is 0 Å². The van der Waals surface area contributed by atoms with Gasteiger partial charge in [-0.3, -0.25) is 4.79 Å². The van der Waals surface area contributed by atoms with Crippen molar-refractivity contribution in [2.75, 3.05) is 0 Å². The summed E-state index contributed by atoms with van der Waals surface area (Å²) < 4.78 is 5.65. The van der Waals surface area contributed by atoms with Crippen LogP contribution in [0.15, 0.2) is 28.7 Å². The number of hydrogen-bond donors (Lipinski definition) is 0. The average Bonchev–Trinajstić information content (AvgIpc) is 2.96. The Morgan fingerprint density at radius 3 is 2.83 bits per heavy atom. The zero-order valence-electron chi connectivity index (χ0n) is 10.7. The van der Waals surface area contributed by atoms with Gasteiger partial charge in [0, 0.05) is 11.8 Å². The second kappa shape index (κ2) is 4.60. The van der Waals surface area contributed by atoms with Gasteiger partial charge in [0.25, 0.3) is 0 Å². The molecule has 0 aliphatic heterocycles. The zero-order chi connectivity index (χ0) is 12.5. The minimum Gasteiger partial charge on any atom is -0.453 e. The predicted molar refractivity (Wildman–Crippen MR) is 71.9 cm³/mol. The van der Waals surface area contributed by atoms with Crippen LogP contribution in [0.4, 0.5) is 0 Å². The number of hydrogen-bond acceptors (Lipinski definition) is 2. The number of ketones is 1. The monoisotopic (exact) mass is 242 g/mol. The van der Waals surface area contributed by atoms with Crippen molar-refractivity contribution in [3.63, 3.8) is 0 Å². The first-order valence-corrected chi connectivity index (χ1v) is 6.76. The molecule has 2 nitrogen and oxygen atoms in total. The van der Waals surface area contributed by atoms with E-state index < -0.39 is 0 Å². The van der Waals surface area contributed by atoms with Gasteiger partial charge >= 0.3 is 0 Å². The molecular weight excluding hydrogens is 224 g/mol. The molecule has 1 aromatic carbocycles. The standard InChI is InChI=1S/C16H18O2/c1-11-6-7-15-13(8-11)10-16(18-15)14(17)9-12-4-2-3-5-12/h6-8,10,12H,2-5,9H2,1H3. The van der Waals surface area contributed by atoms with Crippen molar-refractivity contribution in [3.05, 3.63) is 35.6 Å². The lowest BCUT2D eigenvalue weighted by atomic mass is 10.00. The van der Waals surface area contributed by atoms with Gasteiger partial charge in [-0.2, -0.15) is 0 Å². The fourth-order valence-electron chi connectivity index (χ4n) is 2.88. The lowest BCUT2D eigenvalue weighted by molar-refractivity contribution is 0.0937. The molecule has 0 atom stereocenters. The molecule has 1 aromatic heterocycles. The summed E-state index contributed by atoms with van der Waals surface area (Å²) in [4.78, 5) is 12.2. The van der Waals surface area contributed by atoms with E-state index in [0.717, 1.165) is 11.0 Å². The highest BCUT2D eigenvalue weighted by Crippen LogP contribution is 2.30. The number of rotatable bonds is 3. The van der Waals surface area contributed by atoms with E-state index >= 15 is 0 Å². The maximum absolute atomic E-state index is 12.2. The minimum atomic E-state index is 0.163. The van der Waals surface area contributed by atoms with Gasteiger partial charge in [-0.25, -0.2) is 0 Å². The third kappa shape index (κ3) is 2.20. The molecule has 1 aliphatic carbocycles. The van der Waals surface area contributed by atoms with Crippen molar-refractivity contribution in [3.8, 4) is 0 Å². The third-order valence-electron chi connectivity index (χ3n) is 3.90. The van der Waals surface area contributed by atoms with Gasteiger partial charge in [-0.1, -0.05) is 37.3 Å². The van der Waals surface area contributed by atoms with Crippen molar-refractivity contribution in [1.82, 2.24) is 0 Å². The third-order valence-corrected chi connectivity index (χ3v) is 3.90. The second-order valence-corrected chi connectivity index (χ2v) is 5.43. The maximum Gasteiger partial charge on any atom is 0.198 e. The summed E-state index contributed by atoms with van der Waals surface area (Å²) in [5.74, 6) is 1.27. The molecule has 0 spiro atoms. The molecule has 2 heteroatoms. The van der Waals surface area contributed by atoms with E-state index in [1.54, 1.807) is 0 Å². The smallest absolute Gasteiger partial charge is 0.198 e. The molecule has 1 aliphatic rings. The van der Waals surface area contributed by atoms with E-state index in [1.165, 1.54) is 31.2 Å². The van der Waals surface area contributed by atoms with Crippen LogP contribution in [0.1, 0.15) is 48.2 Å². The molecule has 0 amide bonds. The van der Waals surface area contributed by atoms with Gasteiger partial charge in [0.1, 0.15) is 5.58 Å². The van der Waals surface area contributed by atoms with Crippen molar-refractivity contribution in [2.24, 2.45) is 5.92 Å². The largest absolute Gasteiger partial charge is 0.453 e. The first-order chi connectivity index (χ1) is 8.72. The number of carbonyl (C=O) groups is 1. The van der Waals surface area contributed by atoms with Crippen LogP contribution < -0.4 is 0 Å². The molecular formula is C16H18O2. The summed E-state index contributed by atoms with van der Waals surface area (Å²) in [6.07, 6.45) is 5.60. The van der Waals surface area contributed by atoms with Crippen LogP contribution >= 0.6 is 0 Å². The van der Waals surface area contributed by atoms with Crippen LogP contribution in [0.2, 0.25) is 0 Å². The van der Waals surface area contributed by atoms with E-state index in [0.29, 0.717) is 18.1 Å². The van der Waals surface area contributed by atoms with Gasteiger partial charge in [-0.05, 0) is 31.0 Å². The maximum atomic E-state index is 12.2. The molecule has 3 rings (SSSR count). The number of benzene rings is 1. The van der Waals surface area contributed by atoms with E-state index in [1.807, 2.05) is 25.1 Å². The highest BCUT2D eigenvalue weighted by atomic mass is 16.3. The number of furan rings is 1. The summed E-state index contributed by atoms with van der Waals surface area (Å²) in [5, 5.41) is 1.03. The molecule has 0 N–H and O–H groups in total. The summed E-state index contributed by atoms with van der Waals surface area (Å²) in [6, 6.07) is 7.90. The average molecular weight is 242 g/mol. The van der Waals surface area contributed by atoms with Gasteiger partial charge < -0.3 is 4.42 Å². The Labute approximate surface area is 107 Å².